The maximum absolute atomic E-state index is 11.7. The first-order valence-electron chi connectivity index (χ1n) is 5.48. The summed E-state index contributed by atoms with van der Waals surface area (Å²) in [4.78, 5) is 33.9. The molecule has 0 saturated heterocycles. The molecule has 102 valence electrons. The molecule has 1 heterocycles. The van der Waals surface area contributed by atoms with Crippen molar-refractivity contribution in [3.63, 3.8) is 0 Å². The number of rotatable bonds is 6. The third kappa shape index (κ3) is 4.92. The number of carbonyl (C=O) groups excluding carboxylic acids is 2. The Morgan fingerprint density at radius 3 is 2.74 bits per heavy atom. The number of carboxylic acid groups (broad SMARTS) is 1. The van der Waals surface area contributed by atoms with Gasteiger partial charge in [0.05, 0.1) is 4.88 Å². The minimum atomic E-state index is -1.04. The Hall–Kier alpha value is -2.15. The average molecular weight is 282 g/mol. The van der Waals surface area contributed by atoms with E-state index in [0.29, 0.717) is 9.75 Å². The lowest BCUT2D eigenvalue weighted by atomic mass is 10.2. The van der Waals surface area contributed by atoms with Crippen molar-refractivity contribution >= 4 is 35.2 Å². The highest BCUT2D eigenvalue weighted by Gasteiger charge is 2.11. The van der Waals surface area contributed by atoms with Crippen LogP contribution in [0.3, 0.4) is 0 Å². The minimum absolute atomic E-state index is 0.0852. The number of nitrogens with two attached hydrogens (primary N) is 1. The summed E-state index contributed by atoms with van der Waals surface area (Å²) in [5.41, 5.74) is 5.78. The molecular formula is C12H14N2O4S. The van der Waals surface area contributed by atoms with Gasteiger partial charge >= 0.3 is 5.97 Å². The van der Waals surface area contributed by atoms with Gasteiger partial charge in [-0.15, -0.1) is 11.3 Å². The van der Waals surface area contributed by atoms with E-state index in [1.165, 1.54) is 17.4 Å². The van der Waals surface area contributed by atoms with Crippen LogP contribution < -0.4 is 11.1 Å². The largest absolute Gasteiger partial charge is 0.478 e. The number of carboxylic acids is 1. The van der Waals surface area contributed by atoms with Crippen molar-refractivity contribution < 1.29 is 19.5 Å². The molecule has 1 aromatic rings. The van der Waals surface area contributed by atoms with Crippen molar-refractivity contribution in [1.29, 1.82) is 0 Å². The summed E-state index contributed by atoms with van der Waals surface area (Å²) in [6, 6.07) is 1.67. The van der Waals surface area contributed by atoms with Crippen LogP contribution in [0.15, 0.2) is 12.1 Å². The predicted molar refractivity (Wildman–Crippen MR) is 71.9 cm³/mol. The molecule has 0 fully saturated rings. The third-order valence-electron chi connectivity index (χ3n) is 2.21. The molecule has 0 aliphatic heterocycles. The van der Waals surface area contributed by atoms with Gasteiger partial charge in [-0.3, -0.25) is 9.59 Å². The van der Waals surface area contributed by atoms with Gasteiger partial charge in [0.2, 0.25) is 5.91 Å². The topological polar surface area (TPSA) is 109 Å². The normalized spacial score (nSPS) is 10.6. The molecule has 0 aliphatic rings. The van der Waals surface area contributed by atoms with Gasteiger partial charge in [-0.05, 0) is 24.6 Å². The Labute approximate surface area is 113 Å². The van der Waals surface area contributed by atoms with Crippen LogP contribution in [0.4, 0.5) is 0 Å². The summed E-state index contributed by atoms with van der Waals surface area (Å²) in [6.07, 6.45) is 2.55. The molecule has 0 bridgehead atoms. The maximum atomic E-state index is 11.7. The minimum Gasteiger partial charge on any atom is -0.478 e. The fourth-order valence-corrected chi connectivity index (χ4v) is 2.30. The first kappa shape index (κ1) is 14.9. The first-order valence-corrected chi connectivity index (χ1v) is 6.29. The summed E-state index contributed by atoms with van der Waals surface area (Å²) in [5, 5.41) is 11.1. The predicted octanol–water partition coefficient (Wildman–Crippen LogP) is 0.760. The van der Waals surface area contributed by atoms with Crippen LogP contribution in [0.25, 0.3) is 6.08 Å². The average Bonchev–Trinajstić information content (AvgIpc) is 2.67. The molecule has 0 unspecified atom stereocenters. The number of aliphatic carboxylic acids is 1. The lowest BCUT2D eigenvalue weighted by Crippen LogP contribution is -2.27. The van der Waals surface area contributed by atoms with E-state index in [0.717, 1.165) is 11.6 Å². The number of carbonyl (C=O) groups is 3. The van der Waals surface area contributed by atoms with Crippen LogP contribution in [-0.2, 0) is 9.59 Å². The van der Waals surface area contributed by atoms with E-state index in [1.807, 2.05) is 0 Å². The number of primary amides is 1. The van der Waals surface area contributed by atoms with Gasteiger partial charge in [-0.25, -0.2) is 4.79 Å². The second-order valence-electron chi connectivity index (χ2n) is 3.80. The Morgan fingerprint density at radius 2 is 2.16 bits per heavy atom. The summed E-state index contributed by atoms with van der Waals surface area (Å²) < 4.78 is 0. The molecule has 0 aromatic carbocycles. The van der Waals surface area contributed by atoms with Crippen LogP contribution >= 0.6 is 11.3 Å². The van der Waals surface area contributed by atoms with Crippen molar-refractivity contribution in [2.75, 3.05) is 6.54 Å². The standard InChI is InChI=1S/C12H14N2O4S/c1-7-6-9(12(18)14-5-4-10(13)15)19-8(7)2-3-11(16)17/h2-3,6H,4-5H2,1H3,(H2,13,15)(H,14,18)(H,16,17). The van der Waals surface area contributed by atoms with Crippen molar-refractivity contribution in [3.8, 4) is 0 Å². The van der Waals surface area contributed by atoms with Crippen LogP contribution in [0, 0.1) is 6.92 Å². The van der Waals surface area contributed by atoms with E-state index >= 15 is 0 Å². The molecule has 6 nitrogen and oxygen atoms in total. The van der Waals surface area contributed by atoms with Gasteiger partial charge in [0.15, 0.2) is 0 Å². The van der Waals surface area contributed by atoms with Crippen LogP contribution in [-0.4, -0.2) is 29.4 Å². The molecule has 0 spiro atoms. The van der Waals surface area contributed by atoms with Gasteiger partial charge < -0.3 is 16.2 Å². The molecular weight excluding hydrogens is 268 g/mol. The summed E-state index contributed by atoms with van der Waals surface area (Å²) in [5.74, 6) is -1.82. The first-order chi connectivity index (χ1) is 8.90. The zero-order valence-corrected chi connectivity index (χ0v) is 11.1. The highest BCUT2D eigenvalue weighted by Crippen LogP contribution is 2.23. The zero-order chi connectivity index (χ0) is 14.4. The number of hydrogen-bond acceptors (Lipinski definition) is 4. The number of thiophene rings is 1. The molecule has 2 amide bonds. The van der Waals surface area contributed by atoms with E-state index in [9.17, 15) is 14.4 Å². The number of aryl methyl sites for hydroxylation is 1. The summed E-state index contributed by atoms with van der Waals surface area (Å²) >= 11 is 1.19. The summed E-state index contributed by atoms with van der Waals surface area (Å²) in [7, 11) is 0. The number of nitrogens with one attached hydrogen (secondary N) is 1. The molecule has 1 rings (SSSR count). The van der Waals surface area contributed by atoms with E-state index in [-0.39, 0.29) is 18.9 Å². The van der Waals surface area contributed by atoms with Gasteiger partial charge in [0, 0.05) is 23.9 Å². The Kier molecular flexibility index (Phi) is 5.25. The number of hydrogen-bond donors (Lipinski definition) is 3. The quantitative estimate of drug-likeness (QED) is 0.669. The van der Waals surface area contributed by atoms with Crippen LogP contribution in [0.5, 0.6) is 0 Å². The molecule has 0 atom stereocenters. The fourth-order valence-electron chi connectivity index (χ4n) is 1.31. The third-order valence-corrected chi connectivity index (χ3v) is 3.42. The zero-order valence-electron chi connectivity index (χ0n) is 10.3. The van der Waals surface area contributed by atoms with Crippen molar-refractivity contribution in [1.82, 2.24) is 5.32 Å². The molecule has 1 aromatic heterocycles. The molecule has 19 heavy (non-hydrogen) atoms. The van der Waals surface area contributed by atoms with Crippen LogP contribution in [0.1, 0.15) is 26.5 Å². The van der Waals surface area contributed by atoms with Crippen molar-refractivity contribution in [3.05, 3.63) is 27.5 Å². The smallest absolute Gasteiger partial charge is 0.328 e. The van der Waals surface area contributed by atoms with E-state index in [4.69, 9.17) is 10.8 Å². The van der Waals surface area contributed by atoms with E-state index in [2.05, 4.69) is 5.32 Å². The van der Waals surface area contributed by atoms with E-state index < -0.39 is 11.9 Å². The van der Waals surface area contributed by atoms with Crippen LogP contribution in [0.2, 0.25) is 0 Å². The number of amides is 2. The molecule has 0 aliphatic carbocycles. The lowest BCUT2D eigenvalue weighted by Gasteiger charge is -2.00. The molecule has 0 radical (unpaired) electrons. The lowest BCUT2D eigenvalue weighted by molar-refractivity contribution is -0.131. The van der Waals surface area contributed by atoms with Gasteiger partial charge in [0.25, 0.3) is 5.91 Å². The fraction of sp³-hybridized carbons (Fsp3) is 0.250. The Balaban J connectivity index is 2.69. The summed E-state index contributed by atoms with van der Waals surface area (Å²) in [6.45, 7) is 1.98. The van der Waals surface area contributed by atoms with E-state index in [1.54, 1.807) is 13.0 Å². The highest BCUT2D eigenvalue weighted by atomic mass is 32.1. The Bertz CT molecular complexity index is 534. The second kappa shape index (κ2) is 6.69. The van der Waals surface area contributed by atoms with Gasteiger partial charge in [0.1, 0.15) is 0 Å². The van der Waals surface area contributed by atoms with Gasteiger partial charge in [-0.2, -0.15) is 0 Å². The second-order valence-corrected chi connectivity index (χ2v) is 4.89. The molecule has 0 saturated carbocycles. The molecule has 7 heteroatoms. The van der Waals surface area contributed by atoms with Crippen molar-refractivity contribution in [2.45, 2.75) is 13.3 Å². The van der Waals surface area contributed by atoms with Gasteiger partial charge in [-0.1, -0.05) is 0 Å². The Morgan fingerprint density at radius 1 is 1.47 bits per heavy atom. The SMILES string of the molecule is Cc1cc(C(=O)NCCC(N)=O)sc1C=CC(=O)O. The molecule has 4 N–H and O–H groups in total. The highest BCUT2D eigenvalue weighted by molar-refractivity contribution is 7.15. The maximum Gasteiger partial charge on any atom is 0.328 e. The van der Waals surface area contributed by atoms with Crippen molar-refractivity contribution in [2.24, 2.45) is 5.73 Å². The monoisotopic (exact) mass is 282 g/mol.